The average molecular weight is 228 g/mol. The largest absolute Gasteiger partial charge is 0.379 e. The summed E-state index contributed by atoms with van der Waals surface area (Å²) in [5.74, 6) is 0.531. The lowest BCUT2D eigenvalue weighted by Gasteiger charge is -2.24. The summed E-state index contributed by atoms with van der Waals surface area (Å²) in [6, 6.07) is 0.224. The van der Waals surface area contributed by atoms with Gasteiger partial charge in [-0.05, 0) is 26.2 Å². The minimum atomic E-state index is -0.0294. The number of amides is 1. The number of ether oxygens (including phenoxy) is 1. The van der Waals surface area contributed by atoms with Crippen molar-refractivity contribution in [2.75, 3.05) is 19.8 Å². The minimum absolute atomic E-state index is 0.0294. The van der Waals surface area contributed by atoms with Gasteiger partial charge in [-0.15, -0.1) is 0 Å². The smallest absolute Gasteiger partial charge is 0.234 e. The van der Waals surface area contributed by atoms with E-state index in [1.807, 2.05) is 6.92 Å². The monoisotopic (exact) mass is 228 g/mol. The van der Waals surface area contributed by atoms with E-state index in [9.17, 15) is 4.79 Å². The summed E-state index contributed by atoms with van der Waals surface area (Å²) >= 11 is 0. The molecule has 16 heavy (non-hydrogen) atoms. The first-order valence-corrected chi connectivity index (χ1v) is 6.05. The van der Waals surface area contributed by atoms with Crippen molar-refractivity contribution in [3.63, 3.8) is 0 Å². The Bertz CT molecular complexity index is 235. The zero-order chi connectivity index (χ0) is 12.2. The Hall–Kier alpha value is -0.610. The number of nitrogens with one attached hydrogen (secondary N) is 2. The molecule has 0 aromatic heterocycles. The number of hydrogen-bond acceptors (Lipinski definition) is 3. The van der Waals surface area contributed by atoms with Gasteiger partial charge in [0.1, 0.15) is 0 Å². The molecule has 4 nitrogen and oxygen atoms in total. The third-order valence-corrected chi connectivity index (χ3v) is 3.28. The Morgan fingerprint density at radius 1 is 1.44 bits per heavy atom. The highest BCUT2D eigenvalue weighted by Gasteiger charge is 2.29. The summed E-state index contributed by atoms with van der Waals surface area (Å²) < 4.78 is 5.32. The average Bonchev–Trinajstić information content (AvgIpc) is 2.63. The van der Waals surface area contributed by atoms with Crippen LogP contribution in [-0.4, -0.2) is 37.2 Å². The van der Waals surface area contributed by atoms with Crippen LogP contribution in [0, 0.1) is 5.92 Å². The van der Waals surface area contributed by atoms with Crippen LogP contribution in [0.1, 0.15) is 34.1 Å². The van der Waals surface area contributed by atoms with Crippen molar-refractivity contribution in [2.45, 2.75) is 45.7 Å². The molecule has 1 amide bonds. The molecule has 2 unspecified atom stereocenters. The molecule has 0 aliphatic carbocycles. The first kappa shape index (κ1) is 13.5. The van der Waals surface area contributed by atoms with Gasteiger partial charge >= 0.3 is 0 Å². The lowest BCUT2D eigenvalue weighted by molar-refractivity contribution is -0.121. The van der Waals surface area contributed by atoms with Crippen LogP contribution in [0.5, 0.6) is 0 Å². The summed E-state index contributed by atoms with van der Waals surface area (Å²) in [5, 5.41) is 6.24. The molecule has 0 aromatic carbocycles. The van der Waals surface area contributed by atoms with Crippen LogP contribution >= 0.6 is 0 Å². The highest BCUT2D eigenvalue weighted by atomic mass is 16.5. The second-order valence-corrected chi connectivity index (χ2v) is 5.32. The number of carbonyl (C=O) groups excluding carboxylic acids is 1. The van der Waals surface area contributed by atoms with Crippen LogP contribution in [-0.2, 0) is 9.53 Å². The minimum Gasteiger partial charge on any atom is -0.379 e. The first-order chi connectivity index (χ1) is 7.43. The van der Waals surface area contributed by atoms with Crippen LogP contribution in [0.4, 0.5) is 0 Å². The van der Waals surface area contributed by atoms with Gasteiger partial charge < -0.3 is 15.4 Å². The van der Waals surface area contributed by atoms with Crippen molar-refractivity contribution in [3.8, 4) is 0 Å². The van der Waals surface area contributed by atoms with Gasteiger partial charge in [-0.2, -0.15) is 0 Å². The van der Waals surface area contributed by atoms with Gasteiger partial charge in [0.25, 0.3) is 0 Å². The molecule has 0 spiro atoms. The molecule has 0 radical (unpaired) electrons. The lowest BCUT2D eigenvalue weighted by atomic mass is 10.0. The van der Waals surface area contributed by atoms with Crippen LogP contribution in [0.15, 0.2) is 0 Å². The Kier molecular flexibility index (Phi) is 4.74. The highest BCUT2D eigenvalue weighted by Crippen LogP contribution is 2.16. The summed E-state index contributed by atoms with van der Waals surface area (Å²) in [6.45, 7) is 10.2. The fourth-order valence-corrected chi connectivity index (χ4v) is 1.57. The third kappa shape index (κ3) is 4.10. The Morgan fingerprint density at radius 2 is 2.12 bits per heavy atom. The van der Waals surface area contributed by atoms with Gasteiger partial charge in [0.2, 0.25) is 5.91 Å². The van der Waals surface area contributed by atoms with E-state index in [0.717, 1.165) is 13.0 Å². The first-order valence-electron chi connectivity index (χ1n) is 6.05. The Labute approximate surface area is 98.1 Å². The molecule has 1 aliphatic heterocycles. The highest BCUT2D eigenvalue weighted by molar-refractivity contribution is 5.78. The maximum atomic E-state index is 11.6. The molecule has 0 aromatic rings. The van der Waals surface area contributed by atoms with Gasteiger partial charge in [0.05, 0.1) is 13.2 Å². The second-order valence-electron chi connectivity index (χ2n) is 5.32. The summed E-state index contributed by atoms with van der Waals surface area (Å²) in [7, 11) is 0. The van der Waals surface area contributed by atoms with Crippen molar-refractivity contribution in [3.05, 3.63) is 0 Å². The summed E-state index contributed by atoms with van der Waals surface area (Å²) in [6.07, 6.45) is 0.972. The van der Waals surface area contributed by atoms with Crippen LogP contribution in [0.3, 0.4) is 0 Å². The van der Waals surface area contributed by atoms with Gasteiger partial charge in [0.15, 0.2) is 0 Å². The molecule has 1 rings (SSSR count). The van der Waals surface area contributed by atoms with E-state index in [4.69, 9.17) is 4.74 Å². The SMILES string of the molecule is CC(C)C(C)NC(=O)CNC1(C)CCOC1. The fraction of sp³-hybridized carbons (Fsp3) is 0.917. The Balaban J connectivity index is 2.24. The number of rotatable bonds is 5. The predicted octanol–water partition coefficient (Wildman–Crippen LogP) is 0.916. The van der Waals surface area contributed by atoms with E-state index in [1.54, 1.807) is 0 Å². The van der Waals surface area contributed by atoms with E-state index in [-0.39, 0.29) is 17.5 Å². The predicted molar refractivity (Wildman–Crippen MR) is 64.3 cm³/mol. The molecule has 1 aliphatic rings. The van der Waals surface area contributed by atoms with Crippen molar-refractivity contribution in [1.29, 1.82) is 0 Å². The molecular formula is C12H24N2O2. The van der Waals surface area contributed by atoms with Gasteiger partial charge in [-0.25, -0.2) is 0 Å². The van der Waals surface area contributed by atoms with Gasteiger partial charge in [-0.1, -0.05) is 13.8 Å². The zero-order valence-electron chi connectivity index (χ0n) is 10.8. The van der Waals surface area contributed by atoms with E-state index in [0.29, 0.717) is 19.1 Å². The summed E-state index contributed by atoms with van der Waals surface area (Å²) in [4.78, 5) is 11.6. The molecule has 2 N–H and O–H groups in total. The normalized spacial score (nSPS) is 27.1. The van der Waals surface area contributed by atoms with E-state index < -0.39 is 0 Å². The molecule has 1 saturated heterocycles. The molecule has 1 heterocycles. The van der Waals surface area contributed by atoms with E-state index in [2.05, 4.69) is 31.4 Å². The van der Waals surface area contributed by atoms with E-state index >= 15 is 0 Å². The molecule has 1 fully saturated rings. The quantitative estimate of drug-likeness (QED) is 0.735. The van der Waals surface area contributed by atoms with Crippen molar-refractivity contribution in [1.82, 2.24) is 10.6 Å². The molecular weight excluding hydrogens is 204 g/mol. The second kappa shape index (κ2) is 5.64. The molecule has 2 atom stereocenters. The molecule has 94 valence electrons. The van der Waals surface area contributed by atoms with Gasteiger partial charge in [-0.3, -0.25) is 4.79 Å². The lowest BCUT2D eigenvalue weighted by Crippen LogP contribution is -2.49. The molecule has 0 saturated carbocycles. The Morgan fingerprint density at radius 3 is 2.62 bits per heavy atom. The van der Waals surface area contributed by atoms with Crippen LogP contribution in [0.25, 0.3) is 0 Å². The number of carbonyl (C=O) groups is 1. The third-order valence-electron chi connectivity index (χ3n) is 3.28. The summed E-state index contributed by atoms with van der Waals surface area (Å²) in [5.41, 5.74) is -0.0294. The van der Waals surface area contributed by atoms with Crippen molar-refractivity contribution < 1.29 is 9.53 Å². The zero-order valence-corrected chi connectivity index (χ0v) is 10.8. The maximum Gasteiger partial charge on any atom is 0.234 e. The fourth-order valence-electron chi connectivity index (χ4n) is 1.57. The molecule has 4 heteroatoms. The van der Waals surface area contributed by atoms with E-state index in [1.165, 1.54) is 0 Å². The topological polar surface area (TPSA) is 50.4 Å². The van der Waals surface area contributed by atoms with Crippen molar-refractivity contribution in [2.24, 2.45) is 5.92 Å². The van der Waals surface area contributed by atoms with Crippen LogP contribution < -0.4 is 10.6 Å². The molecule has 0 bridgehead atoms. The number of hydrogen-bond donors (Lipinski definition) is 2. The maximum absolute atomic E-state index is 11.6. The van der Waals surface area contributed by atoms with Gasteiger partial charge in [0, 0.05) is 18.2 Å². The van der Waals surface area contributed by atoms with Crippen molar-refractivity contribution >= 4 is 5.91 Å². The van der Waals surface area contributed by atoms with Crippen LogP contribution in [0.2, 0.25) is 0 Å². The standard InChI is InChI=1S/C12H24N2O2/c1-9(2)10(3)14-11(15)7-13-12(4)5-6-16-8-12/h9-10,13H,5-8H2,1-4H3,(H,14,15).